The van der Waals surface area contributed by atoms with Crippen LogP contribution in [0, 0.1) is 5.82 Å². The van der Waals surface area contributed by atoms with Crippen LogP contribution in [0.2, 0.25) is 0 Å². The highest BCUT2D eigenvalue weighted by atomic mass is 32.2. The third-order valence-corrected chi connectivity index (χ3v) is 4.87. The third-order valence-electron chi connectivity index (χ3n) is 3.68. The molecule has 7 heteroatoms. The highest BCUT2D eigenvalue weighted by Crippen LogP contribution is 2.33. The van der Waals surface area contributed by atoms with Gasteiger partial charge in [-0.25, -0.2) is 9.18 Å². The maximum Gasteiger partial charge on any atom is 0.325 e. The van der Waals surface area contributed by atoms with Crippen molar-refractivity contribution in [2.75, 3.05) is 24.7 Å². The van der Waals surface area contributed by atoms with Crippen molar-refractivity contribution in [1.82, 2.24) is 10.2 Å². The summed E-state index contributed by atoms with van der Waals surface area (Å²) in [4.78, 5) is 25.4. The second-order valence-corrected chi connectivity index (χ2v) is 6.16. The Hall–Kier alpha value is -1.76. The van der Waals surface area contributed by atoms with Crippen molar-refractivity contribution in [1.29, 1.82) is 0 Å². The van der Waals surface area contributed by atoms with Gasteiger partial charge in [0.2, 0.25) is 0 Å². The van der Waals surface area contributed by atoms with Crippen LogP contribution in [-0.4, -0.2) is 47.0 Å². The predicted octanol–water partition coefficient (Wildman–Crippen LogP) is 1.63. The number of carbonyl (C=O) groups is 2. The molecule has 0 bridgehead atoms. The minimum Gasteiger partial charge on any atom is -0.489 e. The van der Waals surface area contributed by atoms with Gasteiger partial charge in [-0.05, 0) is 24.3 Å². The number of imide groups is 1. The number of amides is 3. The fraction of sp³-hybridized carbons (Fsp3) is 0.429. The van der Waals surface area contributed by atoms with E-state index in [1.54, 1.807) is 23.9 Å². The smallest absolute Gasteiger partial charge is 0.325 e. The number of halogens is 1. The van der Waals surface area contributed by atoms with Crippen molar-refractivity contribution < 1.29 is 18.7 Å². The predicted molar refractivity (Wildman–Crippen MR) is 76.8 cm³/mol. The fourth-order valence-corrected chi connectivity index (χ4v) is 3.85. The van der Waals surface area contributed by atoms with Crippen molar-refractivity contribution in [3.63, 3.8) is 0 Å². The molecule has 21 heavy (non-hydrogen) atoms. The average molecular weight is 310 g/mol. The van der Waals surface area contributed by atoms with Crippen molar-refractivity contribution in [3.8, 4) is 5.75 Å². The Labute approximate surface area is 125 Å². The van der Waals surface area contributed by atoms with E-state index >= 15 is 0 Å². The number of hydrogen-bond acceptors (Lipinski definition) is 4. The highest BCUT2D eigenvalue weighted by Gasteiger charge is 2.52. The number of urea groups is 1. The lowest BCUT2D eigenvalue weighted by Crippen LogP contribution is -2.47. The molecule has 1 aromatic carbocycles. The maximum atomic E-state index is 13.4. The van der Waals surface area contributed by atoms with Gasteiger partial charge in [-0.15, -0.1) is 0 Å². The first-order valence-corrected chi connectivity index (χ1v) is 7.87. The molecule has 1 N–H and O–H groups in total. The molecular formula is C14H15FN2O3S. The van der Waals surface area contributed by atoms with E-state index < -0.39 is 11.4 Å². The van der Waals surface area contributed by atoms with E-state index in [-0.39, 0.29) is 30.8 Å². The van der Waals surface area contributed by atoms with Gasteiger partial charge in [0, 0.05) is 5.75 Å². The molecule has 1 aromatic rings. The van der Waals surface area contributed by atoms with Crippen LogP contribution in [0.5, 0.6) is 5.75 Å². The topological polar surface area (TPSA) is 58.6 Å². The molecular weight excluding hydrogens is 295 g/mol. The number of rotatable bonds is 4. The van der Waals surface area contributed by atoms with Crippen LogP contribution < -0.4 is 10.1 Å². The second kappa shape index (κ2) is 5.55. The third kappa shape index (κ3) is 2.57. The summed E-state index contributed by atoms with van der Waals surface area (Å²) in [5.41, 5.74) is -0.736. The van der Waals surface area contributed by atoms with E-state index in [0.29, 0.717) is 12.2 Å². The van der Waals surface area contributed by atoms with Crippen LogP contribution in [0.1, 0.15) is 6.42 Å². The monoisotopic (exact) mass is 310 g/mol. The minimum absolute atomic E-state index is 0.0727. The summed E-state index contributed by atoms with van der Waals surface area (Å²) in [6.45, 7) is 0.189. The second-order valence-electron chi connectivity index (χ2n) is 5.05. The number of benzene rings is 1. The number of thioether (sulfide) groups is 1. The van der Waals surface area contributed by atoms with Gasteiger partial charge in [0.15, 0.2) is 11.6 Å². The summed E-state index contributed by atoms with van der Waals surface area (Å²) < 4.78 is 18.7. The SMILES string of the molecule is O=C1N[C@@]2(CCSC2)C(=O)N1CCOc1ccccc1F. The fourth-order valence-electron chi connectivity index (χ4n) is 2.52. The normalized spacial score (nSPS) is 24.7. The molecule has 2 aliphatic heterocycles. The highest BCUT2D eigenvalue weighted by molar-refractivity contribution is 7.99. The molecule has 0 unspecified atom stereocenters. The molecule has 1 spiro atoms. The summed E-state index contributed by atoms with van der Waals surface area (Å²) in [6.07, 6.45) is 0.660. The first-order chi connectivity index (χ1) is 10.1. The van der Waals surface area contributed by atoms with Crippen LogP contribution >= 0.6 is 11.8 Å². The zero-order valence-electron chi connectivity index (χ0n) is 11.3. The number of ether oxygens (including phenoxy) is 1. The molecule has 0 radical (unpaired) electrons. The summed E-state index contributed by atoms with van der Waals surface area (Å²) in [6, 6.07) is 5.65. The van der Waals surface area contributed by atoms with Crippen molar-refractivity contribution in [3.05, 3.63) is 30.1 Å². The first-order valence-electron chi connectivity index (χ1n) is 6.72. The summed E-state index contributed by atoms with van der Waals surface area (Å²) in [7, 11) is 0. The van der Waals surface area contributed by atoms with Gasteiger partial charge in [0.25, 0.3) is 5.91 Å². The van der Waals surface area contributed by atoms with Crippen molar-refractivity contribution in [2.45, 2.75) is 12.0 Å². The van der Waals surface area contributed by atoms with E-state index in [1.807, 2.05) is 0 Å². The summed E-state index contributed by atoms with van der Waals surface area (Å²) >= 11 is 1.66. The average Bonchev–Trinajstić information content (AvgIpc) is 3.02. The molecule has 1 atom stereocenters. The number of nitrogens with zero attached hydrogens (tertiary/aromatic N) is 1. The van der Waals surface area contributed by atoms with Crippen LogP contribution in [0.4, 0.5) is 9.18 Å². The van der Waals surface area contributed by atoms with E-state index in [2.05, 4.69) is 5.32 Å². The van der Waals surface area contributed by atoms with Gasteiger partial charge >= 0.3 is 6.03 Å². The number of hydrogen-bond donors (Lipinski definition) is 1. The zero-order chi connectivity index (χ0) is 14.9. The lowest BCUT2D eigenvalue weighted by Gasteiger charge is -2.19. The molecule has 0 saturated carbocycles. The molecule has 2 aliphatic rings. The van der Waals surface area contributed by atoms with Gasteiger partial charge in [-0.2, -0.15) is 11.8 Å². The van der Waals surface area contributed by atoms with Gasteiger partial charge in [-0.1, -0.05) is 12.1 Å². The van der Waals surface area contributed by atoms with E-state index in [4.69, 9.17) is 4.74 Å². The number of carbonyl (C=O) groups excluding carboxylic acids is 2. The van der Waals surface area contributed by atoms with Crippen LogP contribution in [0.3, 0.4) is 0 Å². The molecule has 3 amide bonds. The van der Waals surface area contributed by atoms with Crippen molar-refractivity contribution >= 4 is 23.7 Å². The Bertz CT molecular complexity index is 575. The summed E-state index contributed by atoms with van der Waals surface area (Å²) in [5.74, 6) is 0.942. The Morgan fingerprint density at radius 1 is 1.38 bits per heavy atom. The Morgan fingerprint density at radius 2 is 2.19 bits per heavy atom. The standard InChI is InChI=1S/C14H15FN2O3S/c15-10-3-1-2-4-11(10)20-7-6-17-12(18)14(16-13(17)19)5-8-21-9-14/h1-4H,5-9H2,(H,16,19)/t14-/m1/s1. The zero-order valence-corrected chi connectivity index (χ0v) is 12.1. The quantitative estimate of drug-likeness (QED) is 0.859. The molecule has 0 aromatic heterocycles. The van der Waals surface area contributed by atoms with Crippen LogP contribution in [0.15, 0.2) is 24.3 Å². The van der Waals surface area contributed by atoms with E-state index in [9.17, 15) is 14.0 Å². The van der Waals surface area contributed by atoms with E-state index in [0.717, 1.165) is 10.7 Å². The molecule has 2 saturated heterocycles. The molecule has 0 aliphatic carbocycles. The van der Waals surface area contributed by atoms with Crippen LogP contribution in [-0.2, 0) is 4.79 Å². The van der Waals surface area contributed by atoms with Gasteiger partial charge in [0.05, 0.1) is 6.54 Å². The number of nitrogens with one attached hydrogen (secondary N) is 1. The van der Waals surface area contributed by atoms with Gasteiger partial charge in [-0.3, -0.25) is 9.69 Å². The molecule has 5 nitrogen and oxygen atoms in total. The molecule has 3 rings (SSSR count). The molecule has 2 heterocycles. The van der Waals surface area contributed by atoms with Gasteiger partial charge in [0.1, 0.15) is 12.1 Å². The summed E-state index contributed by atoms with van der Waals surface area (Å²) in [5, 5.41) is 2.78. The Kier molecular flexibility index (Phi) is 3.75. The molecule has 112 valence electrons. The lowest BCUT2D eigenvalue weighted by atomic mass is 9.99. The van der Waals surface area contributed by atoms with E-state index in [1.165, 1.54) is 12.1 Å². The Balaban J connectivity index is 1.59. The lowest BCUT2D eigenvalue weighted by molar-refractivity contribution is -0.130. The minimum atomic E-state index is -0.736. The first kappa shape index (κ1) is 14.2. The number of para-hydroxylation sites is 1. The maximum absolute atomic E-state index is 13.4. The van der Waals surface area contributed by atoms with Crippen LogP contribution in [0.25, 0.3) is 0 Å². The largest absolute Gasteiger partial charge is 0.489 e. The molecule has 2 fully saturated rings. The van der Waals surface area contributed by atoms with Gasteiger partial charge < -0.3 is 10.1 Å². The Morgan fingerprint density at radius 3 is 2.90 bits per heavy atom. The van der Waals surface area contributed by atoms with Crippen molar-refractivity contribution in [2.24, 2.45) is 0 Å².